The number of aliphatic hydroxyl groups is 3. The number of nitrogens with two attached hydrogens (primary N) is 1. The van der Waals surface area contributed by atoms with Crippen molar-refractivity contribution in [3.63, 3.8) is 0 Å². The zero-order valence-corrected chi connectivity index (χ0v) is 54.9. The zero-order chi connectivity index (χ0) is 69.3. The zero-order valence-electron chi connectivity index (χ0n) is 54.1. The molecule has 7 rings (SSSR count). The molecule has 510 valence electrons. The maximum atomic E-state index is 15.4. The van der Waals surface area contributed by atoms with Crippen molar-refractivity contribution in [2.45, 2.75) is 186 Å². The standard InChI is InChI=1S/C67H86N6O20S/c1-36-44(34-67(88)56(92-60(85)40-21-14-11-15-22-40)54-65(9,55(80)52(79)50(36)64(67,7)8)45(75)33-46-66(54,35-90-46)93-38(3)74)91-61(86)53(51(39-19-12-10-13-20-39)73-62(87)63(4,5)6)89-31-29-47(76)69-30-17-16-24-43(59(83)84)71-49(78)28-26-42(57(68)81)72-58(82)37(2)70-48(77)27-25-41-23-18-32-94-41/h10-15,18-23,25,27,32,37,42-46,51-54,56,75,79,88H,16-17,24,26,28-31,33-35H2,1-9H3,(H2,68,81)(H,69,76)(H,70,77)(H,71,78)(H,72,82)(H,73,87)(H,83,84)/b27-25+/t37-,42+,43-,44-,45-,46+,51-,52+,53+,54-,56-,65+,66-,67+/m0/s1. The molecule has 3 aromatic rings. The molecule has 1 aromatic heterocycles. The minimum absolute atomic E-state index is 0.0300. The molecular formula is C67H86N6O20S. The molecule has 94 heavy (non-hydrogen) atoms. The number of primary amides is 1. The molecule has 26 nitrogen and oxygen atoms in total. The SMILES string of the molecule is CC(=O)O[C@@]12CO[C@@H]1C[C@H](O)[C@@]1(C)C(=O)[C@H](O)C3=C(C)[C@@H](OC(=O)[C@H](OCCC(=O)NCCCC[C@H](NC(=O)CC[C@@H](NC(=O)[C@H](C)NC(=O)/C=C/c4cccs4)C(N)=O)C(=O)O)[C@@H](NC(=O)C(C)(C)C)c4ccccc4)C[C@@](O)([C@@H](OC(=O)c4ccccc4)[C@H]21)C3(C)C. The van der Waals surface area contributed by atoms with Gasteiger partial charge in [0.1, 0.15) is 48.1 Å². The molecule has 3 aliphatic carbocycles. The topological polar surface area (TPSA) is 401 Å². The lowest BCUT2D eigenvalue weighted by Gasteiger charge is -2.67. The number of nitrogens with one attached hydrogen (secondary N) is 5. The third-order valence-electron chi connectivity index (χ3n) is 18.4. The number of thiophene rings is 1. The van der Waals surface area contributed by atoms with E-state index in [-0.39, 0.29) is 68.4 Å². The lowest BCUT2D eigenvalue weighted by atomic mass is 9.44. The molecule has 6 amide bonds. The van der Waals surface area contributed by atoms with Crippen LogP contribution in [-0.2, 0) is 71.6 Å². The van der Waals surface area contributed by atoms with E-state index in [0.717, 1.165) is 11.8 Å². The Kier molecular flexibility index (Phi) is 23.7. The first kappa shape index (κ1) is 73.2. The molecule has 0 spiro atoms. The minimum Gasteiger partial charge on any atom is -0.480 e. The van der Waals surface area contributed by atoms with Gasteiger partial charge in [0.15, 0.2) is 17.5 Å². The van der Waals surface area contributed by atoms with E-state index >= 15 is 9.59 Å². The fourth-order valence-electron chi connectivity index (χ4n) is 13.0. The summed E-state index contributed by atoms with van der Waals surface area (Å²) < 4.78 is 31.1. The van der Waals surface area contributed by atoms with Crippen molar-refractivity contribution in [1.82, 2.24) is 26.6 Å². The summed E-state index contributed by atoms with van der Waals surface area (Å²) in [6.45, 7) is 12.6. The second-order valence-electron chi connectivity index (χ2n) is 26.1. The van der Waals surface area contributed by atoms with Gasteiger partial charge in [-0.1, -0.05) is 89.2 Å². The second-order valence-corrected chi connectivity index (χ2v) is 27.1. The lowest BCUT2D eigenvalue weighted by molar-refractivity contribution is -0.346. The number of carboxylic acid groups (broad SMARTS) is 1. The van der Waals surface area contributed by atoms with Crippen molar-refractivity contribution in [1.29, 1.82) is 0 Å². The number of hydrogen-bond acceptors (Lipinski definition) is 20. The number of unbranched alkanes of at least 4 members (excludes halogenated alkanes) is 1. The van der Waals surface area contributed by atoms with Crippen molar-refractivity contribution in [2.75, 3.05) is 19.8 Å². The minimum atomic E-state index is -2.46. The Bertz CT molecular complexity index is 3370. The molecule has 2 heterocycles. The van der Waals surface area contributed by atoms with Crippen molar-refractivity contribution in [3.05, 3.63) is 111 Å². The summed E-state index contributed by atoms with van der Waals surface area (Å²) in [6, 6.07) is 14.5. The van der Waals surface area contributed by atoms with Crippen molar-refractivity contribution < 1.29 is 96.9 Å². The summed E-state index contributed by atoms with van der Waals surface area (Å²) in [5.41, 5.74) is -3.26. The number of Topliss-reactive ketones (excluding diaryl/α,β-unsaturated/α-hetero) is 1. The van der Waals surface area contributed by atoms with E-state index in [1.165, 1.54) is 64.2 Å². The molecule has 2 aromatic carbocycles. The highest BCUT2D eigenvalue weighted by molar-refractivity contribution is 7.10. The van der Waals surface area contributed by atoms with E-state index in [1.54, 1.807) is 87.5 Å². The first-order valence-corrected chi connectivity index (χ1v) is 32.1. The van der Waals surface area contributed by atoms with Crippen LogP contribution < -0.4 is 32.3 Å². The number of benzene rings is 2. The molecule has 27 heteroatoms. The van der Waals surface area contributed by atoms with Gasteiger partial charge in [-0.3, -0.25) is 38.4 Å². The van der Waals surface area contributed by atoms with E-state index in [2.05, 4.69) is 26.6 Å². The normalized spacial score (nSPS) is 26.1. The number of hydrogen-bond donors (Lipinski definition) is 10. The number of ketones is 1. The number of aliphatic carboxylic acids is 1. The molecule has 3 fully saturated rings. The fourth-order valence-corrected chi connectivity index (χ4v) is 13.6. The van der Waals surface area contributed by atoms with Crippen LogP contribution >= 0.6 is 11.3 Å². The highest BCUT2D eigenvalue weighted by Gasteiger charge is 2.78. The Morgan fingerprint density at radius 3 is 2.11 bits per heavy atom. The van der Waals surface area contributed by atoms with Gasteiger partial charge in [-0.05, 0) is 92.8 Å². The van der Waals surface area contributed by atoms with Crippen LogP contribution in [0.2, 0.25) is 0 Å². The summed E-state index contributed by atoms with van der Waals surface area (Å²) in [5.74, 6) is -11.0. The van der Waals surface area contributed by atoms with Crippen LogP contribution in [0, 0.1) is 22.2 Å². The quantitative estimate of drug-likeness (QED) is 0.0164. The lowest BCUT2D eigenvalue weighted by Crippen LogP contribution is -2.81. The van der Waals surface area contributed by atoms with Gasteiger partial charge in [-0.2, -0.15) is 0 Å². The number of carboxylic acids is 1. The van der Waals surface area contributed by atoms with E-state index in [1.807, 2.05) is 5.38 Å². The Morgan fingerprint density at radius 2 is 1.51 bits per heavy atom. The Balaban J connectivity index is 1.05. The fraction of sp³-hybridized carbons (Fsp3) is 0.537. The van der Waals surface area contributed by atoms with Crippen LogP contribution in [0.1, 0.15) is 141 Å². The summed E-state index contributed by atoms with van der Waals surface area (Å²) in [7, 11) is 0. The number of amides is 6. The van der Waals surface area contributed by atoms with Gasteiger partial charge in [0, 0.05) is 60.9 Å². The Labute approximate surface area is 548 Å². The second kappa shape index (κ2) is 30.5. The predicted molar refractivity (Wildman–Crippen MR) is 338 cm³/mol. The maximum absolute atomic E-state index is 15.4. The highest BCUT2D eigenvalue weighted by atomic mass is 32.1. The van der Waals surface area contributed by atoms with Gasteiger partial charge in [0.05, 0.1) is 42.3 Å². The maximum Gasteiger partial charge on any atom is 0.338 e. The molecule has 11 N–H and O–H groups in total. The number of rotatable bonds is 28. The monoisotopic (exact) mass is 1330 g/mol. The van der Waals surface area contributed by atoms with E-state index < -0.39 is 179 Å². The average molecular weight is 1330 g/mol. The van der Waals surface area contributed by atoms with Crippen molar-refractivity contribution >= 4 is 82.5 Å². The molecule has 4 aliphatic rings. The number of carbonyl (C=O) groups is 11. The first-order valence-electron chi connectivity index (χ1n) is 31.2. The number of carbonyl (C=O) groups excluding carboxylic acids is 10. The van der Waals surface area contributed by atoms with Crippen LogP contribution in [0.3, 0.4) is 0 Å². The Morgan fingerprint density at radius 1 is 0.840 bits per heavy atom. The van der Waals surface area contributed by atoms with Crippen LogP contribution in [0.15, 0.2) is 95.4 Å². The third-order valence-corrected chi connectivity index (χ3v) is 19.2. The summed E-state index contributed by atoms with van der Waals surface area (Å²) in [4.78, 5) is 149. The highest BCUT2D eigenvalue weighted by Crippen LogP contribution is 2.64. The number of ether oxygens (including phenoxy) is 5. The van der Waals surface area contributed by atoms with Gasteiger partial charge in [-0.25, -0.2) is 14.4 Å². The molecule has 1 aliphatic heterocycles. The molecule has 0 radical (unpaired) electrons. The molecule has 14 atom stereocenters. The van der Waals surface area contributed by atoms with Crippen LogP contribution in [0.25, 0.3) is 6.08 Å². The summed E-state index contributed by atoms with van der Waals surface area (Å²) in [5, 5.41) is 63.2. The summed E-state index contributed by atoms with van der Waals surface area (Å²) >= 11 is 1.40. The molecule has 1 saturated heterocycles. The predicted octanol–water partition coefficient (Wildman–Crippen LogP) is 3.20. The van der Waals surface area contributed by atoms with Crippen molar-refractivity contribution in [3.8, 4) is 0 Å². The van der Waals surface area contributed by atoms with E-state index in [4.69, 9.17) is 29.4 Å². The van der Waals surface area contributed by atoms with Gasteiger partial charge < -0.3 is 76.4 Å². The van der Waals surface area contributed by atoms with E-state index in [9.17, 15) is 63.6 Å². The number of aliphatic hydroxyl groups excluding tert-OH is 2. The van der Waals surface area contributed by atoms with Crippen LogP contribution in [-0.4, -0.2) is 171 Å². The average Bonchev–Trinajstić information content (AvgIpc) is 0.686. The number of esters is 3. The van der Waals surface area contributed by atoms with Gasteiger partial charge in [-0.15, -0.1) is 11.3 Å². The molecule has 2 bridgehead atoms. The van der Waals surface area contributed by atoms with Gasteiger partial charge >= 0.3 is 23.9 Å². The summed E-state index contributed by atoms with van der Waals surface area (Å²) in [6.07, 6.45) is -8.75. The van der Waals surface area contributed by atoms with Crippen LogP contribution in [0.4, 0.5) is 0 Å². The number of fused-ring (bicyclic) bond motifs is 5. The van der Waals surface area contributed by atoms with Crippen molar-refractivity contribution in [2.24, 2.45) is 27.9 Å². The Hall–Kier alpha value is -8.21. The first-order chi connectivity index (χ1) is 44.2. The smallest absolute Gasteiger partial charge is 0.338 e. The van der Waals surface area contributed by atoms with Crippen LogP contribution in [0.5, 0.6) is 0 Å². The molecule has 2 saturated carbocycles. The third kappa shape index (κ3) is 16.3. The molecule has 0 unspecified atom stereocenters. The van der Waals surface area contributed by atoms with Gasteiger partial charge in [0.2, 0.25) is 35.4 Å². The largest absolute Gasteiger partial charge is 0.480 e. The van der Waals surface area contributed by atoms with Gasteiger partial charge in [0.25, 0.3) is 0 Å². The van der Waals surface area contributed by atoms with E-state index in [0.29, 0.717) is 5.56 Å². The molecular weight excluding hydrogens is 1240 g/mol.